The molecule has 1 saturated carbocycles. The van der Waals surface area contributed by atoms with Crippen molar-refractivity contribution >= 4 is 11.6 Å². The molecule has 6 nitrogen and oxygen atoms in total. The second-order valence-corrected chi connectivity index (χ2v) is 5.64. The molecule has 3 rings (SSSR count). The molecule has 1 fully saturated rings. The summed E-state index contributed by atoms with van der Waals surface area (Å²) in [6.07, 6.45) is 6.33. The Labute approximate surface area is 125 Å². The van der Waals surface area contributed by atoms with Crippen LogP contribution in [0.1, 0.15) is 35.7 Å². The minimum Gasteiger partial charge on any atom is -0.373 e. The third-order valence-electron chi connectivity index (χ3n) is 3.74. The first kappa shape index (κ1) is 13.9. The normalized spacial score (nSPS) is 14.2. The van der Waals surface area contributed by atoms with Crippen LogP contribution in [-0.4, -0.2) is 33.3 Å². The second-order valence-electron chi connectivity index (χ2n) is 5.64. The second kappa shape index (κ2) is 5.71. The Bertz CT molecular complexity index is 629. The molecule has 1 aliphatic carbocycles. The van der Waals surface area contributed by atoms with Crippen molar-refractivity contribution in [1.82, 2.24) is 19.7 Å². The van der Waals surface area contributed by atoms with E-state index in [-0.39, 0.29) is 0 Å². The minimum atomic E-state index is 0.548. The molecule has 0 unspecified atom stereocenters. The van der Waals surface area contributed by atoms with E-state index in [4.69, 9.17) is 0 Å². The number of hydrogen-bond donors (Lipinski definition) is 2. The fourth-order valence-corrected chi connectivity index (χ4v) is 2.35. The number of nitrogens with one attached hydrogen (secondary N) is 2. The van der Waals surface area contributed by atoms with Gasteiger partial charge in [-0.05, 0) is 32.3 Å². The minimum absolute atomic E-state index is 0.548. The number of aryl methyl sites for hydroxylation is 1. The monoisotopic (exact) mass is 286 g/mol. The molecule has 0 spiro atoms. The van der Waals surface area contributed by atoms with Crippen LogP contribution in [0.2, 0.25) is 0 Å². The Balaban J connectivity index is 1.70. The number of hydrogen-bond acceptors (Lipinski definition) is 5. The Hall–Kier alpha value is -2.11. The highest BCUT2D eigenvalue weighted by atomic mass is 15.3. The summed E-state index contributed by atoms with van der Waals surface area (Å²) in [7, 11) is 1.91. The van der Waals surface area contributed by atoms with Gasteiger partial charge in [-0.2, -0.15) is 5.10 Å². The number of anilines is 2. The molecule has 0 bridgehead atoms. The summed E-state index contributed by atoms with van der Waals surface area (Å²) in [5, 5.41) is 10.9. The van der Waals surface area contributed by atoms with Crippen LogP contribution in [0.25, 0.3) is 0 Å². The van der Waals surface area contributed by atoms with E-state index in [1.54, 1.807) is 0 Å². The van der Waals surface area contributed by atoms with E-state index in [9.17, 15) is 0 Å². The van der Waals surface area contributed by atoms with Crippen LogP contribution < -0.4 is 10.6 Å². The predicted molar refractivity (Wildman–Crippen MR) is 83.7 cm³/mol. The predicted octanol–water partition coefficient (Wildman–Crippen LogP) is 2.32. The average molecular weight is 286 g/mol. The van der Waals surface area contributed by atoms with Gasteiger partial charge in [-0.15, -0.1) is 0 Å². The summed E-state index contributed by atoms with van der Waals surface area (Å²) >= 11 is 0. The van der Waals surface area contributed by atoms with Crippen molar-refractivity contribution in [1.29, 1.82) is 0 Å². The van der Waals surface area contributed by atoms with E-state index in [0.29, 0.717) is 5.92 Å². The number of aromatic nitrogens is 4. The van der Waals surface area contributed by atoms with Gasteiger partial charge in [0.2, 0.25) is 0 Å². The van der Waals surface area contributed by atoms with Gasteiger partial charge in [0.05, 0.1) is 12.7 Å². The zero-order valence-corrected chi connectivity index (χ0v) is 12.8. The summed E-state index contributed by atoms with van der Waals surface area (Å²) in [5.74, 6) is 3.36. The van der Waals surface area contributed by atoms with Gasteiger partial charge in [-0.25, -0.2) is 9.97 Å². The fourth-order valence-electron chi connectivity index (χ4n) is 2.35. The molecule has 21 heavy (non-hydrogen) atoms. The largest absolute Gasteiger partial charge is 0.373 e. The van der Waals surface area contributed by atoms with Crippen LogP contribution in [-0.2, 0) is 6.54 Å². The van der Waals surface area contributed by atoms with Gasteiger partial charge < -0.3 is 10.6 Å². The van der Waals surface area contributed by atoms with Crippen LogP contribution in [0.15, 0.2) is 12.4 Å². The lowest BCUT2D eigenvalue weighted by Crippen LogP contribution is -2.14. The number of rotatable bonds is 6. The molecule has 2 N–H and O–H groups in total. The summed E-state index contributed by atoms with van der Waals surface area (Å²) < 4.78 is 1.94. The Kier molecular flexibility index (Phi) is 3.77. The van der Waals surface area contributed by atoms with Crippen LogP contribution in [0.5, 0.6) is 0 Å². The lowest BCUT2D eigenvalue weighted by Gasteiger charge is -2.13. The third-order valence-corrected chi connectivity index (χ3v) is 3.74. The first-order chi connectivity index (χ1) is 10.2. The molecule has 6 heteroatoms. The maximum atomic E-state index is 4.69. The highest BCUT2D eigenvalue weighted by molar-refractivity contribution is 5.57. The van der Waals surface area contributed by atoms with Gasteiger partial charge in [0, 0.05) is 31.3 Å². The zero-order chi connectivity index (χ0) is 14.8. The van der Waals surface area contributed by atoms with Crippen LogP contribution in [0.4, 0.5) is 11.6 Å². The molecule has 0 radical (unpaired) electrons. The molecular formula is C15H22N6. The van der Waals surface area contributed by atoms with Gasteiger partial charge in [-0.1, -0.05) is 0 Å². The van der Waals surface area contributed by atoms with Crippen LogP contribution in [0.3, 0.4) is 0 Å². The molecule has 0 saturated heterocycles. The van der Waals surface area contributed by atoms with E-state index in [2.05, 4.69) is 25.7 Å². The summed E-state index contributed by atoms with van der Waals surface area (Å²) in [5.41, 5.74) is 2.25. The molecule has 0 aromatic carbocycles. The maximum Gasteiger partial charge on any atom is 0.136 e. The number of nitrogens with zero attached hydrogens (tertiary/aromatic N) is 4. The molecule has 0 aliphatic heterocycles. The van der Waals surface area contributed by atoms with Crippen molar-refractivity contribution < 1.29 is 0 Å². The zero-order valence-electron chi connectivity index (χ0n) is 12.8. The van der Waals surface area contributed by atoms with E-state index in [1.807, 2.05) is 38.0 Å². The van der Waals surface area contributed by atoms with E-state index >= 15 is 0 Å². The standard InChI is InChI=1S/C15H22N6/c1-10-8-18-21(9-10)7-6-17-14-11(2)13(16-3)19-15(20-14)12-4-5-12/h8-9,12H,4-7H2,1-3H3,(H2,16,17,19,20). The molecule has 2 aromatic heterocycles. The smallest absolute Gasteiger partial charge is 0.136 e. The van der Waals surface area contributed by atoms with Crippen LogP contribution >= 0.6 is 0 Å². The lowest BCUT2D eigenvalue weighted by molar-refractivity contribution is 0.636. The quantitative estimate of drug-likeness (QED) is 0.853. The molecule has 2 heterocycles. The van der Waals surface area contributed by atoms with Gasteiger partial charge in [0.15, 0.2) is 0 Å². The first-order valence-corrected chi connectivity index (χ1v) is 7.46. The van der Waals surface area contributed by atoms with Crippen molar-refractivity contribution in [2.75, 3.05) is 24.2 Å². The lowest BCUT2D eigenvalue weighted by atomic mass is 10.2. The Morgan fingerprint density at radius 3 is 2.62 bits per heavy atom. The van der Waals surface area contributed by atoms with Crippen molar-refractivity contribution in [3.8, 4) is 0 Å². The molecule has 112 valence electrons. The van der Waals surface area contributed by atoms with Gasteiger partial charge in [-0.3, -0.25) is 4.68 Å². The molecule has 2 aromatic rings. The highest BCUT2D eigenvalue weighted by Gasteiger charge is 2.28. The summed E-state index contributed by atoms with van der Waals surface area (Å²) in [6.45, 7) is 5.71. The van der Waals surface area contributed by atoms with Crippen molar-refractivity contribution in [3.05, 3.63) is 29.3 Å². The van der Waals surface area contributed by atoms with Crippen molar-refractivity contribution in [2.24, 2.45) is 0 Å². The van der Waals surface area contributed by atoms with E-state index in [0.717, 1.165) is 36.1 Å². The first-order valence-electron chi connectivity index (χ1n) is 7.46. The van der Waals surface area contributed by atoms with Crippen molar-refractivity contribution in [3.63, 3.8) is 0 Å². The topological polar surface area (TPSA) is 67.7 Å². The summed E-state index contributed by atoms with van der Waals surface area (Å²) in [6, 6.07) is 0. The third kappa shape index (κ3) is 3.15. The average Bonchev–Trinajstić information content (AvgIpc) is 3.24. The van der Waals surface area contributed by atoms with Crippen LogP contribution in [0, 0.1) is 13.8 Å². The molecule has 1 aliphatic rings. The molecular weight excluding hydrogens is 264 g/mol. The fraction of sp³-hybridized carbons (Fsp3) is 0.533. The highest BCUT2D eigenvalue weighted by Crippen LogP contribution is 2.39. The summed E-state index contributed by atoms with van der Waals surface area (Å²) in [4.78, 5) is 9.29. The SMILES string of the molecule is CNc1nc(C2CC2)nc(NCCn2cc(C)cn2)c1C. The maximum absolute atomic E-state index is 4.69. The Morgan fingerprint density at radius 1 is 1.24 bits per heavy atom. The van der Waals surface area contributed by atoms with Gasteiger partial charge in [0.25, 0.3) is 0 Å². The van der Waals surface area contributed by atoms with Crippen molar-refractivity contribution in [2.45, 2.75) is 39.2 Å². The van der Waals surface area contributed by atoms with Gasteiger partial charge in [0.1, 0.15) is 17.5 Å². The van der Waals surface area contributed by atoms with Gasteiger partial charge >= 0.3 is 0 Å². The molecule has 0 amide bonds. The molecule has 0 atom stereocenters. The Morgan fingerprint density at radius 2 is 2.00 bits per heavy atom. The van der Waals surface area contributed by atoms with E-state index < -0.39 is 0 Å². The van der Waals surface area contributed by atoms with E-state index in [1.165, 1.54) is 18.4 Å².